The summed E-state index contributed by atoms with van der Waals surface area (Å²) < 4.78 is 0. The Morgan fingerprint density at radius 2 is 1.74 bits per heavy atom. The molecule has 0 spiro atoms. The van der Waals surface area contributed by atoms with Crippen molar-refractivity contribution >= 4 is 17.3 Å². The molecule has 0 fully saturated rings. The Hall–Kier alpha value is -1.55. The van der Waals surface area contributed by atoms with E-state index in [2.05, 4.69) is 24.1 Å². The van der Waals surface area contributed by atoms with Crippen LogP contribution in [0.3, 0.4) is 0 Å². The first-order valence-electron chi connectivity index (χ1n) is 6.81. The lowest BCUT2D eigenvalue weighted by Gasteiger charge is -2.23. The molecule has 0 aromatic heterocycles. The zero-order valence-electron chi connectivity index (χ0n) is 12.4. The quantitative estimate of drug-likeness (QED) is 0.829. The third kappa shape index (κ3) is 3.96. The van der Waals surface area contributed by atoms with Crippen LogP contribution in [0, 0.1) is 5.41 Å². The molecule has 19 heavy (non-hydrogen) atoms. The van der Waals surface area contributed by atoms with Crippen LogP contribution in [0.5, 0.6) is 0 Å². The average Bonchev–Trinajstić information content (AvgIpc) is 2.42. The van der Waals surface area contributed by atoms with Gasteiger partial charge in [-0.1, -0.05) is 0 Å². The van der Waals surface area contributed by atoms with Crippen molar-refractivity contribution in [2.24, 2.45) is 11.1 Å². The van der Waals surface area contributed by atoms with Crippen LogP contribution in [0.15, 0.2) is 24.3 Å². The Morgan fingerprint density at radius 1 is 1.21 bits per heavy atom. The highest BCUT2D eigenvalue weighted by Crippen LogP contribution is 2.20. The minimum atomic E-state index is -0.544. The molecule has 1 rings (SSSR count). The minimum absolute atomic E-state index is 0.0504. The standard InChI is InChI=1S/C15H25N3O/c1-5-18(6-2)13-9-7-12(8-10-13)17-14(19)15(3,4)11-16/h7-10H,5-6,11,16H2,1-4H3,(H,17,19). The van der Waals surface area contributed by atoms with E-state index >= 15 is 0 Å². The highest BCUT2D eigenvalue weighted by molar-refractivity contribution is 5.95. The third-order valence-corrected chi connectivity index (χ3v) is 3.38. The van der Waals surface area contributed by atoms with E-state index in [9.17, 15) is 4.79 Å². The van der Waals surface area contributed by atoms with E-state index in [0.29, 0.717) is 6.54 Å². The topological polar surface area (TPSA) is 58.4 Å². The van der Waals surface area contributed by atoms with Gasteiger partial charge in [0.1, 0.15) is 0 Å². The van der Waals surface area contributed by atoms with Crippen LogP contribution >= 0.6 is 0 Å². The summed E-state index contributed by atoms with van der Waals surface area (Å²) in [4.78, 5) is 14.3. The predicted molar refractivity (Wildman–Crippen MR) is 81.5 cm³/mol. The normalized spacial score (nSPS) is 11.2. The van der Waals surface area contributed by atoms with Crippen LogP contribution in [-0.4, -0.2) is 25.5 Å². The molecular weight excluding hydrogens is 238 g/mol. The molecule has 0 aliphatic heterocycles. The van der Waals surface area contributed by atoms with Crippen LogP contribution in [-0.2, 0) is 4.79 Å². The first-order valence-corrected chi connectivity index (χ1v) is 6.81. The van der Waals surface area contributed by atoms with Crippen molar-refractivity contribution in [2.75, 3.05) is 29.9 Å². The summed E-state index contributed by atoms with van der Waals surface area (Å²) in [5, 5.41) is 2.90. The third-order valence-electron chi connectivity index (χ3n) is 3.38. The second-order valence-electron chi connectivity index (χ2n) is 5.26. The van der Waals surface area contributed by atoms with Crippen molar-refractivity contribution in [1.82, 2.24) is 0 Å². The maximum atomic E-state index is 12.0. The molecule has 0 saturated heterocycles. The van der Waals surface area contributed by atoms with Gasteiger partial charge in [-0.3, -0.25) is 4.79 Å². The molecule has 0 aliphatic rings. The Labute approximate surface area is 116 Å². The number of benzene rings is 1. The summed E-state index contributed by atoms with van der Waals surface area (Å²) >= 11 is 0. The van der Waals surface area contributed by atoms with Gasteiger partial charge in [0.25, 0.3) is 0 Å². The van der Waals surface area contributed by atoms with Gasteiger partial charge in [-0.2, -0.15) is 0 Å². The number of anilines is 2. The number of nitrogens with one attached hydrogen (secondary N) is 1. The van der Waals surface area contributed by atoms with Crippen LogP contribution in [0.4, 0.5) is 11.4 Å². The molecule has 0 atom stereocenters. The number of amides is 1. The fourth-order valence-corrected chi connectivity index (χ4v) is 1.74. The first kappa shape index (κ1) is 15.5. The van der Waals surface area contributed by atoms with E-state index in [4.69, 9.17) is 5.73 Å². The lowest BCUT2D eigenvalue weighted by molar-refractivity contribution is -0.123. The smallest absolute Gasteiger partial charge is 0.231 e. The highest BCUT2D eigenvalue weighted by atomic mass is 16.2. The largest absolute Gasteiger partial charge is 0.372 e. The molecule has 1 aromatic rings. The predicted octanol–water partition coefficient (Wildman–Crippen LogP) is 2.46. The number of hydrogen-bond acceptors (Lipinski definition) is 3. The van der Waals surface area contributed by atoms with Gasteiger partial charge < -0.3 is 16.0 Å². The summed E-state index contributed by atoms with van der Waals surface area (Å²) in [5.74, 6) is -0.0504. The maximum Gasteiger partial charge on any atom is 0.231 e. The van der Waals surface area contributed by atoms with Gasteiger partial charge >= 0.3 is 0 Å². The van der Waals surface area contributed by atoms with Gasteiger partial charge in [0.15, 0.2) is 0 Å². The molecule has 0 heterocycles. The molecule has 4 heteroatoms. The van der Waals surface area contributed by atoms with E-state index in [0.717, 1.165) is 18.8 Å². The summed E-state index contributed by atoms with van der Waals surface area (Å²) in [6, 6.07) is 7.91. The Balaban J connectivity index is 2.75. The second kappa shape index (κ2) is 6.57. The van der Waals surface area contributed by atoms with Crippen molar-refractivity contribution in [3.05, 3.63) is 24.3 Å². The molecule has 1 aromatic carbocycles. The SMILES string of the molecule is CCN(CC)c1ccc(NC(=O)C(C)(C)CN)cc1. The lowest BCUT2D eigenvalue weighted by Crippen LogP contribution is -2.37. The van der Waals surface area contributed by atoms with Crippen LogP contribution in [0.1, 0.15) is 27.7 Å². The summed E-state index contributed by atoms with van der Waals surface area (Å²) in [7, 11) is 0. The maximum absolute atomic E-state index is 12.0. The molecule has 106 valence electrons. The Morgan fingerprint density at radius 3 is 2.16 bits per heavy atom. The van der Waals surface area contributed by atoms with Crippen molar-refractivity contribution in [3.63, 3.8) is 0 Å². The van der Waals surface area contributed by atoms with E-state index in [1.54, 1.807) is 0 Å². The van der Waals surface area contributed by atoms with E-state index in [1.165, 1.54) is 5.69 Å². The van der Waals surface area contributed by atoms with Crippen LogP contribution in [0.25, 0.3) is 0 Å². The van der Waals surface area contributed by atoms with E-state index in [-0.39, 0.29) is 5.91 Å². The van der Waals surface area contributed by atoms with Gasteiger partial charge in [-0.15, -0.1) is 0 Å². The van der Waals surface area contributed by atoms with Crippen molar-refractivity contribution < 1.29 is 4.79 Å². The van der Waals surface area contributed by atoms with Gasteiger partial charge in [0, 0.05) is 31.0 Å². The molecule has 1 amide bonds. The summed E-state index contributed by atoms with van der Waals surface area (Å²) in [5.41, 5.74) is 7.02. The highest BCUT2D eigenvalue weighted by Gasteiger charge is 2.25. The number of carbonyl (C=O) groups is 1. The zero-order valence-corrected chi connectivity index (χ0v) is 12.4. The minimum Gasteiger partial charge on any atom is -0.372 e. The fraction of sp³-hybridized carbons (Fsp3) is 0.533. The van der Waals surface area contributed by atoms with Crippen molar-refractivity contribution in [2.45, 2.75) is 27.7 Å². The second-order valence-corrected chi connectivity index (χ2v) is 5.26. The summed E-state index contributed by atoms with van der Waals surface area (Å²) in [6.07, 6.45) is 0. The lowest BCUT2D eigenvalue weighted by atomic mass is 9.92. The summed E-state index contributed by atoms with van der Waals surface area (Å²) in [6.45, 7) is 10.2. The number of hydrogen-bond donors (Lipinski definition) is 2. The fourth-order valence-electron chi connectivity index (χ4n) is 1.74. The molecule has 0 bridgehead atoms. The number of nitrogens with zero attached hydrogens (tertiary/aromatic N) is 1. The molecule has 3 N–H and O–H groups in total. The van der Waals surface area contributed by atoms with Crippen molar-refractivity contribution in [3.8, 4) is 0 Å². The molecular formula is C15H25N3O. The Kier molecular flexibility index (Phi) is 5.36. The van der Waals surface area contributed by atoms with E-state index in [1.807, 2.05) is 38.1 Å². The van der Waals surface area contributed by atoms with Gasteiger partial charge in [-0.05, 0) is 52.0 Å². The molecule has 0 unspecified atom stereocenters. The van der Waals surface area contributed by atoms with Gasteiger partial charge in [-0.25, -0.2) is 0 Å². The van der Waals surface area contributed by atoms with Gasteiger partial charge in [0.2, 0.25) is 5.91 Å². The zero-order chi connectivity index (χ0) is 14.5. The molecule has 4 nitrogen and oxygen atoms in total. The monoisotopic (exact) mass is 263 g/mol. The van der Waals surface area contributed by atoms with E-state index < -0.39 is 5.41 Å². The molecule has 0 radical (unpaired) electrons. The molecule has 0 aliphatic carbocycles. The van der Waals surface area contributed by atoms with Crippen LogP contribution in [0.2, 0.25) is 0 Å². The molecule has 0 saturated carbocycles. The number of rotatable bonds is 6. The number of carbonyl (C=O) groups excluding carboxylic acids is 1. The van der Waals surface area contributed by atoms with Crippen LogP contribution < -0.4 is 16.0 Å². The number of nitrogens with two attached hydrogens (primary N) is 1. The Bertz CT molecular complexity index is 408. The average molecular weight is 263 g/mol. The van der Waals surface area contributed by atoms with Gasteiger partial charge in [0.05, 0.1) is 5.41 Å². The van der Waals surface area contributed by atoms with Crippen molar-refractivity contribution in [1.29, 1.82) is 0 Å². The first-order chi connectivity index (χ1) is 8.94.